The Hall–Kier alpha value is -3.76. The van der Waals surface area contributed by atoms with Crippen molar-refractivity contribution in [2.75, 3.05) is 13.1 Å². The number of nitrogens with one attached hydrogen (secondary N) is 1. The molecule has 38 heavy (non-hydrogen) atoms. The van der Waals surface area contributed by atoms with Crippen LogP contribution in [0.15, 0.2) is 114 Å². The summed E-state index contributed by atoms with van der Waals surface area (Å²) in [5.74, 6) is 1.30. The van der Waals surface area contributed by atoms with Gasteiger partial charge in [-0.25, -0.2) is 4.98 Å². The normalized spacial score (nSPS) is 21.7. The lowest BCUT2D eigenvalue weighted by Crippen LogP contribution is -2.44. The van der Waals surface area contributed by atoms with Gasteiger partial charge in [0.2, 0.25) is 0 Å². The number of nitrogens with zero attached hydrogens (tertiary/aromatic N) is 3. The number of rotatable bonds is 7. The molecule has 0 bridgehead atoms. The van der Waals surface area contributed by atoms with Crippen molar-refractivity contribution in [3.8, 4) is 22.8 Å². The summed E-state index contributed by atoms with van der Waals surface area (Å²) >= 11 is 0. The average Bonchev–Trinajstić information content (AvgIpc) is 3.26. The molecule has 3 aliphatic rings. The maximum absolute atomic E-state index is 5.11. The summed E-state index contributed by atoms with van der Waals surface area (Å²) < 4.78 is 0. The quantitative estimate of drug-likeness (QED) is 0.360. The van der Waals surface area contributed by atoms with Crippen molar-refractivity contribution >= 4 is 0 Å². The van der Waals surface area contributed by atoms with Gasteiger partial charge >= 0.3 is 0 Å². The Labute approximate surface area is 226 Å². The molecule has 2 unspecified atom stereocenters. The Kier molecular flexibility index (Phi) is 7.59. The van der Waals surface area contributed by atoms with Crippen molar-refractivity contribution in [1.29, 1.82) is 0 Å². The highest BCUT2D eigenvalue weighted by Crippen LogP contribution is 2.38. The van der Waals surface area contributed by atoms with Gasteiger partial charge in [0, 0.05) is 42.5 Å². The van der Waals surface area contributed by atoms with Crippen LogP contribution in [0.2, 0.25) is 0 Å². The number of piperidine rings is 1. The summed E-state index contributed by atoms with van der Waals surface area (Å²) in [6.07, 6.45) is 26.8. The molecule has 2 aliphatic carbocycles. The van der Waals surface area contributed by atoms with Gasteiger partial charge in [0.05, 0.1) is 5.69 Å². The van der Waals surface area contributed by atoms with E-state index in [0.717, 1.165) is 61.5 Å². The molecule has 192 valence electrons. The zero-order valence-corrected chi connectivity index (χ0v) is 22.0. The first-order valence-corrected chi connectivity index (χ1v) is 14.0. The van der Waals surface area contributed by atoms with Crippen molar-refractivity contribution in [2.24, 2.45) is 0 Å². The molecule has 1 saturated heterocycles. The predicted octanol–water partition coefficient (Wildman–Crippen LogP) is 7.80. The van der Waals surface area contributed by atoms with Crippen LogP contribution >= 0.6 is 0 Å². The standard InChI is InChI=1S/C34H36N4/c1-2-8-16-27(15-7-1)31-21-20-29(25-38(31)24-22-26-13-5-3-6-14-26)32-33(30-19-11-12-23-35-30)37-34(36-32)28-17-9-4-10-18-28/h1-5,7,9-13,15-19,23,29,31H,6,8,14,20-22,24-25H2,(H,36,37). The van der Waals surface area contributed by atoms with Crippen LogP contribution in [-0.4, -0.2) is 39.0 Å². The SMILES string of the molecule is C1=CCC=C(C2CCC(c3[nH]c(-c4ccccc4)nc3-c3ccccn3)CN2CCC2=CC=CCC2)C=C1. The molecule has 4 heteroatoms. The Morgan fingerprint density at radius 2 is 1.87 bits per heavy atom. The van der Waals surface area contributed by atoms with Crippen molar-refractivity contribution in [1.82, 2.24) is 19.9 Å². The number of allylic oxidation sites excluding steroid dienone is 7. The molecule has 0 amide bonds. The van der Waals surface area contributed by atoms with E-state index >= 15 is 0 Å². The minimum Gasteiger partial charge on any atom is -0.341 e. The molecular weight excluding hydrogens is 464 g/mol. The summed E-state index contributed by atoms with van der Waals surface area (Å²) in [4.78, 5) is 16.3. The zero-order chi connectivity index (χ0) is 25.6. The number of hydrogen-bond donors (Lipinski definition) is 1. The molecule has 2 aromatic heterocycles. The molecule has 0 radical (unpaired) electrons. The number of pyridine rings is 1. The van der Waals surface area contributed by atoms with Crippen LogP contribution in [0.4, 0.5) is 0 Å². The fraction of sp³-hybridized carbons (Fsp3) is 0.294. The lowest BCUT2D eigenvalue weighted by molar-refractivity contribution is 0.157. The topological polar surface area (TPSA) is 44.8 Å². The van der Waals surface area contributed by atoms with Gasteiger partial charge in [-0.1, -0.05) is 90.6 Å². The molecule has 0 saturated carbocycles. The Morgan fingerprint density at radius 1 is 0.947 bits per heavy atom. The summed E-state index contributed by atoms with van der Waals surface area (Å²) in [7, 11) is 0. The van der Waals surface area contributed by atoms with E-state index in [0.29, 0.717) is 12.0 Å². The lowest BCUT2D eigenvalue weighted by atomic mass is 9.85. The molecule has 1 aliphatic heterocycles. The fourth-order valence-electron chi connectivity index (χ4n) is 6.01. The van der Waals surface area contributed by atoms with Crippen LogP contribution in [0, 0.1) is 0 Å². The van der Waals surface area contributed by atoms with Gasteiger partial charge in [-0.05, 0) is 56.2 Å². The molecule has 4 nitrogen and oxygen atoms in total. The smallest absolute Gasteiger partial charge is 0.138 e. The number of aromatic amines is 1. The van der Waals surface area contributed by atoms with Crippen LogP contribution in [0.25, 0.3) is 22.8 Å². The van der Waals surface area contributed by atoms with Gasteiger partial charge in [0.15, 0.2) is 0 Å². The van der Waals surface area contributed by atoms with Crippen LogP contribution in [-0.2, 0) is 0 Å². The minimum atomic E-state index is 0.377. The van der Waals surface area contributed by atoms with Crippen molar-refractivity contribution in [3.63, 3.8) is 0 Å². The van der Waals surface area contributed by atoms with Crippen LogP contribution in [0.5, 0.6) is 0 Å². The second kappa shape index (κ2) is 11.7. The third-order valence-corrected chi connectivity index (χ3v) is 8.01. The molecule has 3 heterocycles. The first kappa shape index (κ1) is 24.6. The minimum absolute atomic E-state index is 0.377. The second-order valence-corrected chi connectivity index (χ2v) is 10.5. The Bertz CT molecular complexity index is 1370. The molecule has 6 rings (SSSR count). The number of imidazole rings is 1. The van der Waals surface area contributed by atoms with E-state index in [2.05, 4.69) is 101 Å². The van der Waals surface area contributed by atoms with Gasteiger partial charge in [-0.2, -0.15) is 0 Å². The highest BCUT2D eigenvalue weighted by atomic mass is 15.2. The van der Waals surface area contributed by atoms with E-state index in [4.69, 9.17) is 9.97 Å². The highest BCUT2D eigenvalue weighted by molar-refractivity contribution is 5.65. The third-order valence-electron chi connectivity index (χ3n) is 8.01. The number of benzene rings is 1. The van der Waals surface area contributed by atoms with Crippen LogP contribution < -0.4 is 0 Å². The van der Waals surface area contributed by atoms with Gasteiger partial charge in [-0.3, -0.25) is 9.88 Å². The van der Waals surface area contributed by atoms with E-state index < -0.39 is 0 Å². The number of hydrogen-bond acceptors (Lipinski definition) is 3. The molecule has 0 spiro atoms. The summed E-state index contributed by atoms with van der Waals surface area (Å²) in [6, 6.07) is 17.0. The van der Waals surface area contributed by atoms with E-state index in [1.54, 1.807) is 5.57 Å². The first-order chi connectivity index (χ1) is 18.8. The largest absolute Gasteiger partial charge is 0.341 e. The Morgan fingerprint density at radius 3 is 2.71 bits per heavy atom. The average molecular weight is 501 g/mol. The first-order valence-electron chi connectivity index (χ1n) is 14.0. The number of H-pyrrole nitrogens is 1. The van der Waals surface area contributed by atoms with Gasteiger partial charge < -0.3 is 4.98 Å². The highest BCUT2D eigenvalue weighted by Gasteiger charge is 2.33. The molecular formula is C34H36N4. The summed E-state index contributed by atoms with van der Waals surface area (Å²) in [6.45, 7) is 2.10. The van der Waals surface area contributed by atoms with E-state index in [9.17, 15) is 0 Å². The Balaban J connectivity index is 1.32. The summed E-state index contributed by atoms with van der Waals surface area (Å²) in [5, 5.41) is 0. The maximum atomic E-state index is 5.11. The zero-order valence-electron chi connectivity index (χ0n) is 22.0. The second-order valence-electron chi connectivity index (χ2n) is 10.5. The van der Waals surface area contributed by atoms with Gasteiger partial charge in [0.25, 0.3) is 0 Å². The van der Waals surface area contributed by atoms with Crippen molar-refractivity contribution in [3.05, 3.63) is 120 Å². The molecule has 2 atom stereocenters. The monoisotopic (exact) mass is 500 g/mol. The third kappa shape index (κ3) is 5.56. The molecule has 1 fully saturated rings. The van der Waals surface area contributed by atoms with Crippen LogP contribution in [0.3, 0.4) is 0 Å². The molecule has 3 aromatic rings. The predicted molar refractivity (Wildman–Crippen MR) is 157 cm³/mol. The maximum Gasteiger partial charge on any atom is 0.138 e. The lowest BCUT2D eigenvalue weighted by Gasteiger charge is -2.40. The molecule has 1 N–H and O–H groups in total. The van der Waals surface area contributed by atoms with E-state index in [1.165, 1.54) is 24.1 Å². The van der Waals surface area contributed by atoms with Crippen LogP contribution in [0.1, 0.15) is 50.1 Å². The van der Waals surface area contributed by atoms with Crippen molar-refractivity contribution < 1.29 is 0 Å². The molecule has 1 aromatic carbocycles. The van der Waals surface area contributed by atoms with Crippen molar-refractivity contribution in [2.45, 2.75) is 50.5 Å². The van der Waals surface area contributed by atoms with E-state index in [1.807, 2.05) is 12.3 Å². The van der Waals surface area contributed by atoms with E-state index in [-0.39, 0.29) is 0 Å². The van der Waals surface area contributed by atoms with Gasteiger partial charge in [-0.15, -0.1) is 0 Å². The number of likely N-dealkylation sites (tertiary alicyclic amines) is 1. The number of aromatic nitrogens is 3. The summed E-state index contributed by atoms with van der Waals surface area (Å²) in [5.41, 5.74) is 7.30. The fourth-order valence-corrected chi connectivity index (χ4v) is 6.01. The van der Waals surface area contributed by atoms with Gasteiger partial charge in [0.1, 0.15) is 11.5 Å².